The van der Waals surface area contributed by atoms with E-state index < -0.39 is 0 Å². The minimum atomic E-state index is -0.220. The lowest BCUT2D eigenvalue weighted by Gasteiger charge is -1.98. The van der Waals surface area contributed by atoms with Crippen LogP contribution in [-0.4, -0.2) is 9.97 Å². The van der Waals surface area contributed by atoms with Gasteiger partial charge < -0.3 is 4.98 Å². The molecule has 2 nitrogen and oxygen atoms in total. The zero-order valence-corrected chi connectivity index (χ0v) is 8.44. The summed E-state index contributed by atoms with van der Waals surface area (Å²) in [6.07, 6.45) is 3.46. The van der Waals surface area contributed by atoms with Gasteiger partial charge in [-0.2, -0.15) is 0 Å². The molecule has 0 saturated carbocycles. The lowest BCUT2D eigenvalue weighted by Crippen LogP contribution is -1.82. The number of aromatic nitrogens is 2. The Balaban J connectivity index is 2.23. The van der Waals surface area contributed by atoms with Crippen molar-refractivity contribution in [3.63, 3.8) is 0 Å². The van der Waals surface area contributed by atoms with Gasteiger partial charge in [0, 0.05) is 22.8 Å². The van der Waals surface area contributed by atoms with E-state index in [0.29, 0.717) is 5.56 Å². The fourth-order valence-corrected chi connectivity index (χ4v) is 1.80. The highest BCUT2D eigenvalue weighted by molar-refractivity contribution is 5.85. The van der Waals surface area contributed by atoms with Crippen molar-refractivity contribution in [3.8, 4) is 11.3 Å². The first kappa shape index (κ1) is 9.09. The molecule has 2 aromatic heterocycles. The fraction of sp³-hybridized carbons (Fsp3) is 0. The molecule has 0 aliphatic rings. The molecule has 0 radical (unpaired) electrons. The smallest absolute Gasteiger partial charge is 0.132 e. The van der Waals surface area contributed by atoms with E-state index in [1.807, 2.05) is 18.2 Å². The summed E-state index contributed by atoms with van der Waals surface area (Å²) in [5.74, 6) is -0.220. The molecule has 78 valence electrons. The van der Waals surface area contributed by atoms with E-state index in [1.54, 1.807) is 24.5 Å². The minimum absolute atomic E-state index is 0.220. The number of nitrogens with zero attached hydrogens (tertiary/aromatic N) is 1. The predicted octanol–water partition coefficient (Wildman–Crippen LogP) is 3.37. The first-order valence-electron chi connectivity index (χ1n) is 5.02. The number of rotatable bonds is 1. The predicted molar refractivity (Wildman–Crippen MR) is 61.5 cm³/mol. The molecule has 0 atom stereocenters. The molecule has 0 bridgehead atoms. The molecule has 0 amide bonds. The summed E-state index contributed by atoms with van der Waals surface area (Å²) in [7, 11) is 0. The molecule has 16 heavy (non-hydrogen) atoms. The van der Waals surface area contributed by atoms with E-state index in [0.717, 1.165) is 16.6 Å². The third kappa shape index (κ3) is 1.37. The summed E-state index contributed by atoms with van der Waals surface area (Å²) in [5.41, 5.74) is 2.28. The maximum atomic E-state index is 13.6. The second-order valence-corrected chi connectivity index (χ2v) is 3.63. The Bertz CT molecular complexity index is 610. The van der Waals surface area contributed by atoms with Crippen LogP contribution in [0, 0.1) is 5.82 Å². The van der Waals surface area contributed by atoms with Gasteiger partial charge in [0.05, 0.1) is 11.7 Å². The highest BCUT2D eigenvalue weighted by Gasteiger charge is 2.06. The number of hydrogen-bond donors (Lipinski definition) is 1. The van der Waals surface area contributed by atoms with Gasteiger partial charge in [-0.3, -0.25) is 4.98 Å². The number of H-pyrrole nitrogens is 1. The van der Waals surface area contributed by atoms with Crippen molar-refractivity contribution in [3.05, 3.63) is 54.6 Å². The number of fused-ring (bicyclic) bond motifs is 1. The maximum Gasteiger partial charge on any atom is 0.132 e. The highest BCUT2D eigenvalue weighted by atomic mass is 19.1. The molecular formula is C13H9FN2. The number of aromatic amines is 1. The Labute approximate surface area is 91.8 Å². The lowest BCUT2D eigenvalue weighted by atomic mass is 10.1. The van der Waals surface area contributed by atoms with E-state index in [9.17, 15) is 4.39 Å². The van der Waals surface area contributed by atoms with Gasteiger partial charge in [0.25, 0.3) is 0 Å². The standard InChI is InChI=1S/C13H9FN2/c14-11-4-2-1-3-10(11)12-7-9-5-6-15-8-13(9)16-12/h1-8,16H. The quantitative estimate of drug-likeness (QED) is 0.658. The molecule has 3 heteroatoms. The molecule has 3 rings (SSSR count). The van der Waals surface area contributed by atoms with E-state index in [1.165, 1.54) is 6.07 Å². The fourth-order valence-electron chi connectivity index (χ4n) is 1.80. The lowest BCUT2D eigenvalue weighted by molar-refractivity contribution is 0.631. The number of nitrogens with one attached hydrogen (secondary N) is 1. The molecule has 3 aromatic rings. The molecule has 0 spiro atoms. The van der Waals surface area contributed by atoms with Gasteiger partial charge in [0.15, 0.2) is 0 Å². The van der Waals surface area contributed by atoms with Crippen LogP contribution in [0.5, 0.6) is 0 Å². The summed E-state index contributed by atoms with van der Waals surface area (Å²) in [6.45, 7) is 0. The van der Waals surface area contributed by atoms with Gasteiger partial charge in [-0.05, 0) is 24.3 Å². The minimum Gasteiger partial charge on any atom is -0.353 e. The van der Waals surface area contributed by atoms with Crippen molar-refractivity contribution in [1.29, 1.82) is 0 Å². The average molecular weight is 212 g/mol. The Kier molecular flexibility index (Phi) is 1.96. The van der Waals surface area contributed by atoms with Crippen molar-refractivity contribution in [2.75, 3.05) is 0 Å². The van der Waals surface area contributed by atoms with Crippen molar-refractivity contribution >= 4 is 10.9 Å². The molecule has 0 saturated heterocycles. The summed E-state index contributed by atoms with van der Waals surface area (Å²) in [6, 6.07) is 10.5. The van der Waals surface area contributed by atoms with Gasteiger partial charge >= 0.3 is 0 Å². The van der Waals surface area contributed by atoms with Crippen molar-refractivity contribution in [2.45, 2.75) is 0 Å². The molecular weight excluding hydrogens is 203 g/mol. The summed E-state index contributed by atoms with van der Waals surface area (Å²) < 4.78 is 13.6. The Morgan fingerprint density at radius 2 is 2.00 bits per heavy atom. The van der Waals surface area contributed by atoms with Crippen molar-refractivity contribution in [2.24, 2.45) is 0 Å². The van der Waals surface area contributed by atoms with E-state index >= 15 is 0 Å². The van der Waals surface area contributed by atoms with Crippen LogP contribution in [0.1, 0.15) is 0 Å². The summed E-state index contributed by atoms with van der Waals surface area (Å²) >= 11 is 0. The van der Waals surface area contributed by atoms with Crippen LogP contribution in [0.2, 0.25) is 0 Å². The Hall–Kier alpha value is -2.16. The molecule has 0 aliphatic heterocycles. The highest BCUT2D eigenvalue weighted by Crippen LogP contribution is 2.25. The Morgan fingerprint density at radius 3 is 2.81 bits per heavy atom. The van der Waals surface area contributed by atoms with Gasteiger partial charge in [-0.1, -0.05) is 12.1 Å². The molecule has 0 fully saturated rings. The normalized spacial score (nSPS) is 10.8. The van der Waals surface area contributed by atoms with E-state index in [4.69, 9.17) is 0 Å². The average Bonchev–Trinajstić information content (AvgIpc) is 2.73. The van der Waals surface area contributed by atoms with Gasteiger partial charge in [0.2, 0.25) is 0 Å². The Morgan fingerprint density at radius 1 is 1.12 bits per heavy atom. The van der Waals surface area contributed by atoms with Gasteiger partial charge in [-0.15, -0.1) is 0 Å². The van der Waals surface area contributed by atoms with Crippen LogP contribution in [0.25, 0.3) is 22.2 Å². The third-order valence-corrected chi connectivity index (χ3v) is 2.59. The number of hydrogen-bond acceptors (Lipinski definition) is 1. The van der Waals surface area contributed by atoms with Crippen LogP contribution in [0.15, 0.2) is 48.8 Å². The topological polar surface area (TPSA) is 28.7 Å². The number of benzene rings is 1. The second kappa shape index (κ2) is 3.45. The van der Waals surface area contributed by atoms with Gasteiger partial charge in [0.1, 0.15) is 5.82 Å². The zero-order valence-electron chi connectivity index (χ0n) is 8.44. The second-order valence-electron chi connectivity index (χ2n) is 3.63. The monoisotopic (exact) mass is 212 g/mol. The van der Waals surface area contributed by atoms with Crippen LogP contribution < -0.4 is 0 Å². The number of halogens is 1. The molecule has 2 heterocycles. The SMILES string of the molecule is Fc1ccccc1-c1cc2ccncc2[nH]1. The third-order valence-electron chi connectivity index (χ3n) is 2.59. The van der Waals surface area contributed by atoms with E-state index in [2.05, 4.69) is 9.97 Å². The van der Waals surface area contributed by atoms with Crippen LogP contribution in [0.4, 0.5) is 4.39 Å². The van der Waals surface area contributed by atoms with Crippen LogP contribution in [0.3, 0.4) is 0 Å². The van der Waals surface area contributed by atoms with Crippen molar-refractivity contribution in [1.82, 2.24) is 9.97 Å². The molecule has 0 unspecified atom stereocenters. The van der Waals surface area contributed by atoms with Crippen molar-refractivity contribution < 1.29 is 4.39 Å². The zero-order chi connectivity index (χ0) is 11.0. The van der Waals surface area contributed by atoms with Crippen LogP contribution in [-0.2, 0) is 0 Å². The molecule has 1 aromatic carbocycles. The maximum absolute atomic E-state index is 13.6. The molecule has 1 N–H and O–H groups in total. The first-order chi connectivity index (χ1) is 7.84. The number of pyridine rings is 1. The summed E-state index contributed by atoms with van der Waals surface area (Å²) in [4.78, 5) is 7.17. The summed E-state index contributed by atoms with van der Waals surface area (Å²) in [5, 5.41) is 1.04. The molecule has 0 aliphatic carbocycles. The van der Waals surface area contributed by atoms with Gasteiger partial charge in [-0.25, -0.2) is 4.39 Å². The largest absolute Gasteiger partial charge is 0.353 e. The van der Waals surface area contributed by atoms with Crippen LogP contribution >= 0.6 is 0 Å². The first-order valence-corrected chi connectivity index (χ1v) is 5.02. The van der Waals surface area contributed by atoms with E-state index in [-0.39, 0.29) is 5.82 Å².